The van der Waals surface area contributed by atoms with E-state index in [9.17, 15) is 4.79 Å². The number of hydrogen-bond donors (Lipinski definition) is 2. The van der Waals surface area contributed by atoms with Gasteiger partial charge in [-0.1, -0.05) is 42.5 Å². The standard InChI is InChI=1S/C28H31N5O/c1-32-17-19-33(20-18-32)26-13-11-25(12-14-26)31-28(34)27(24-5-3-2-4-6-24)30-16-15-22-7-9-23(21-29)10-8-22/h2-14,27,30H,15-20H2,1H3,(H,31,34)/t27-/m0/s1. The molecule has 0 aliphatic carbocycles. The summed E-state index contributed by atoms with van der Waals surface area (Å²) in [6, 6.07) is 27.1. The highest BCUT2D eigenvalue weighted by molar-refractivity contribution is 5.95. The van der Waals surface area contributed by atoms with Crippen molar-refractivity contribution in [2.45, 2.75) is 12.5 Å². The first-order valence-electron chi connectivity index (χ1n) is 11.7. The van der Waals surface area contributed by atoms with Gasteiger partial charge in [0.05, 0.1) is 11.6 Å². The third-order valence-electron chi connectivity index (χ3n) is 6.24. The number of carbonyl (C=O) groups is 1. The molecule has 1 fully saturated rings. The summed E-state index contributed by atoms with van der Waals surface area (Å²) in [7, 11) is 2.15. The predicted molar refractivity (Wildman–Crippen MR) is 137 cm³/mol. The van der Waals surface area contributed by atoms with Gasteiger partial charge in [0.1, 0.15) is 6.04 Å². The molecule has 3 aromatic rings. The molecule has 34 heavy (non-hydrogen) atoms. The summed E-state index contributed by atoms with van der Waals surface area (Å²) < 4.78 is 0. The predicted octanol–water partition coefficient (Wildman–Crippen LogP) is 3.82. The van der Waals surface area contributed by atoms with Crippen LogP contribution in [-0.4, -0.2) is 50.6 Å². The molecule has 0 saturated carbocycles. The lowest BCUT2D eigenvalue weighted by atomic mass is 10.0. The maximum absolute atomic E-state index is 13.2. The van der Waals surface area contributed by atoms with Crippen molar-refractivity contribution < 1.29 is 4.79 Å². The van der Waals surface area contributed by atoms with Gasteiger partial charge in [-0.2, -0.15) is 5.26 Å². The second-order valence-electron chi connectivity index (χ2n) is 8.68. The van der Waals surface area contributed by atoms with Gasteiger partial charge in [0.25, 0.3) is 0 Å². The molecule has 1 heterocycles. The Labute approximate surface area is 201 Å². The largest absolute Gasteiger partial charge is 0.369 e. The van der Waals surface area contributed by atoms with E-state index in [-0.39, 0.29) is 5.91 Å². The van der Waals surface area contributed by atoms with Crippen molar-refractivity contribution >= 4 is 17.3 Å². The maximum atomic E-state index is 13.2. The van der Waals surface area contributed by atoms with Crippen molar-refractivity contribution in [2.24, 2.45) is 0 Å². The number of rotatable bonds is 8. The number of nitriles is 1. The zero-order valence-corrected chi connectivity index (χ0v) is 19.6. The fourth-order valence-electron chi connectivity index (χ4n) is 4.15. The molecule has 4 rings (SSSR count). The maximum Gasteiger partial charge on any atom is 0.246 e. The molecular weight excluding hydrogens is 422 g/mol. The summed E-state index contributed by atoms with van der Waals surface area (Å²) in [6.07, 6.45) is 0.766. The topological polar surface area (TPSA) is 71.4 Å². The summed E-state index contributed by atoms with van der Waals surface area (Å²) in [4.78, 5) is 18.0. The summed E-state index contributed by atoms with van der Waals surface area (Å²) in [5.74, 6) is -0.0848. The number of piperazine rings is 1. The van der Waals surface area contributed by atoms with Gasteiger partial charge in [-0.15, -0.1) is 0 Å². The second-order valence-corrected chi connectivity index (χ2v) is 8.68. The summed E-state index contributed by atoms with van der Waals surface area (Å²) in [6.45, 7) is 4.79. The SMILES string of the molecule is CN1CCN(c2ccc(NC(=O)[C@@H](NCCc3ccc(C#N)cc3)c3ccccc3)cc2)CC1. The van der Waals surface area contributed by atoms with Crippen LogP contribution >= 0.6 is 0 Å². The van der Waals surface area contributed by atoms with Gasteiger partial charge in [0.15, 0.2) is 0 Å². The molecule has 1 amide bonds. The van der Waals surface area contributed by atoms with Crippen LogP contribution in [0, 0.1) is 11.3 Å². The van der Waals surface area contributed by atoms with Gasteiger partial charge in [0, 0.05) is 44.1 Å². The first kappa shape index (κ1) is 23.5. The van der Waals surface area contributed by atoms with Crippen molar-refractivity contribution in [1.29, 1.82) is 5.26 Å². The van der Waals surface area contributed by atoms with E-state index in [4.69, 9.17) is 5.26 Å². The Morgan fingerprint density at radius 2 is 1.62 bits per heavy atom. The van der Waals surface area contributed by atoms with Crippen LogP contribution in [0.1, 0.15) is 22.7 Å². The molecule has 0 radical (unpaired) electrons. The van der Waals surface area contributed by atoms with E-state index in [0.717, 1.165) is 49.4 Å². The van der Waals surface area contributed by atoms with Gasteiger partial charge in [-0.3, -0.25) is 4.79 Å². The molecule has 0 spiro atoms. The molecule has 1 atom stereocenters. The molecule has 6 nitrogen and oxygen atoms in total. The number of nitrogens with zero attached hydrogens (tertiary/aromatic N) is 3. The van der Waals surface area contributed by atoms with Crippen LogP contribution in [0.25, 0.3) is 0 Å². The number of amides is 1. The monoisotopic (exact) mass is 453 g/mol. The Hall–Kier alpha value is -3.66. The van der Waals surface area contributed by atoms with Gasteiger partial charge >= 0.3 is 0 Å². The molecule has 0 aromatic heterocycles. The van der Waals surface area contributed by atoms with Crippen LogP contribution in [0.5, 0.6) is 0 Å². The minimum Gasteiger partial charge on any atom is -0.369 e. The second kappa shape index (κ2) is 11.5. The van der Waals surface area contributed by atoms with Crippen LogP contribution < -0.4 is 15.5 Å². The normalized spacial score (nSPS) is 14.9. The molecule has 1 aliphatic rings. The van der Waals surface area contributed by atoms with Gasteiger partial charge in [-0.25, -0.2) is 0 Å². The number of hydrogen-bond acceptors (Lipinski definition) is 5. The minimum atomic E-state index is -0.461. The molecule has 1 saturated heterocycles. The summed E-state index contributed by atoms with van der Waals surface area (Å²) in [5.41, 5.74) is 4.67. The highest BCUT2D eigenvalue weighted by Crippen LogP contribution is 2.21. The summed E-state index contributed by atoms with van der Waals surface area (Å²) in [5, 5.41) is 15.5. The van der Waals surface area contributed by atoms with E-state index in [1.54, 1.807) is 0 Å². The van der Waals surface area contributed by atoms with E-state index in [0.29, 0.717) is 12.1 Å². The van der Waals surface area contributed by atoms with Crippen LogP contribution in [0.15, 0.2) is 78.9 Å². The van der Waals surface area contributed by atoms with Crippen molar-refractivity contribution in [3.05, 3.63) is 95.6 Å². The molecule has 2 N–H and O–H groups in total. The van der Waals surface area contributed by atoms with E-state index in [1.165, 1.54) is 5.69 Å². The third kappa shape index (κ3) is 6.22. The third-order valence-corrected chi connectivity index (χ3v) is 6.24. The van der Waals surface area contributed by atoms with E-state index in [2.05, 4.69) is 45.7 Å². The molecule has 3 aromatic carbocycles. The highest BCUT2D eigenvalue weighted by Gasteiger charge is 2.20. The van der Waals surface area contributed by atoms with Crippen molar-refractivity contribution in [3.8, 4) is 6.07 Å². The lowest BCUT2D eigenvalue weighted by Gasteiger charge is -2.34. The zero-order valence-electron chi connectivity index (χ0n) is 19.6. The van der Waals surface area contributed by atoms with Crippen LogP contribution in [0.2, 0.25) is 0 Å². The van der Waals surface area contributed by atoms with Crippen LogP contribution in [0.4, 0.5) is 11.4 Å². The first-order chi connectivity index (χ1) is 16.6. The Bertz CT molecular complexity index is 1100. The molecule has 174 valence electrons. The average molecular weight is 454 g/mol. The van der Waals surface area contributed by atoms with E-state index in [1.807, 2.05) is 66.7 Å². The van der Waals surface area contributed by atoms with E-state index >= 15 is 0 Å². The van der Waals surface area contributed by atoms with Crippen molar-refractivity contribution in [3.63, 3.8) is 0 Å². The Balaban J connectivity index is 1.38. The minimum absolute atomic E-state index is 0.0848. The highest BCUT2D eigenvalue weighted by atomic mass is 16.2. The van der Waals surface area contributed by atoms with Crippen LogP contribution in [-0.2, 0) is 11.2 Å². The van der Waals surface area contributed by atoms with Crippen LogP contribution in [0.3, 0.4) is 0 Å². The summed E-state index contributed by atoms with van der Waals surface area (Å²) >= 11 is 0. The van der Waals surface area contributed by atoms with Crippen molar-refractivity contribution in [1.82, 2.24) is 10.2 Å². The first-order valence-corrected chi connectivity index (χ1v) is 11.7. The number of anilines is 2. The van der Waals surface area contributed by atoms with Gasteiger partial charge in [-0.05, 0) is 61.0 Å². The lowest BCUT2D eigenvalue weighted by Crippen LogP contribution is -2.44. The number of carbonyl (C=O) groups excluding carboxylic acids is 1. The van der Waals surface area contributed by atoms with E-state index < -0.39 is 6.04 Å². The number of likely N-dealkylation sites (N-methyl/N-ethyl adjacent to an activating group) is 1. The molecule has 0 bridgehead atoms. The molecule has 1 aliphatic heterocycles. The molecule has 6 heteroatoms. The quantitative estimate of drug-likeness (QED) is 0.543. The lowest BCUT2D eigenvalue weighted by molar-refractivity contribution is -0.118. The number of benzene rings is 3. The van der Waals surface area contributed by atoms with Gasteiger partial charge in [0.2, 0.25) is 5.91 Å². The fraction of sp³-hybridized carbons (Fsp3) is 0.286. The van der Waals surface area contributed by atoms with Gasteiger partial charge < -0.3 is 20.4 Å². The fourth-order valence-corrected chi connectivity index (χ4v) is 4.15. The Kier molecular flexibility index (Phi) is 7.92. The zero-order chi connectivity index (χ0) is 23.8. The molecule has 0 unspecified atom stereocenters. The van der Waals surface area contributed by atoms with Crippen molar-refractivity contribution in [2.75, 3.05) is 50.0 Å². The Morgan fingerprint density at radius 3 is 2.26 bits per heavy atom. The molecular formula is C28H31N5O. The average Bonchev–Trinajstić information content (AvgIpc) is 2.88. The number of nitrogens with one attached hydrogen (secondary N) is 2. The Morgan fingerprint density at radius 1 is 0.941 bits per heavy atom. The smallest absolute Gasteiger partial charge is 0.246 e.